The highest BCUT2D eigenvalue weighted by atomic mass is 35.5. The van der Waals surface area contributed by atoms with Gasteiger partial charge in [-0.2, -0.15) is 18.3 Å². The van der Waals surface area contributed by atoms with Gasteiger partial charge in [0.1, 0.15) is 11.2 Å². The van der Waals surface area contributed by atoms with E-state index in [0.717, 1.165) is 11.1 Å². The molecule has 0 fully saturated rings. The number of aromatic carboxylic acids is 1. The van der Waals surface area contributed by atoms with Crippen LogP contribution in [-0.4, -0.2) is 38.7 Å². The second-order valence-corrected chi connectivity index (χ2v) is 8.28. The van der Waals surface area contributed by atoms with Gasteiger partial charge in [-0.15, -0.1) is 0 Å². The number of benzene rings is 1. The number of amides is 1. The van der Waals surface area contributed by atoms with Crippen LogP contribution in [0, 0.1) is 0 Å². The number of hydrogen-bond donors (Lipinski definition) is 1. The average molecular weight is 446 g/mol. The molecule has 1 aliphatic heterocycles. The lowest BCUT2D eigenvalue weighted by molar-refractivity contribution is -0.174. The molecule has 0 aliphatic carbocycles. The highest BCUT2D eigenvalue weighted by molar-refractivity contribution is 6.30. The summed E-state index contributed by atoms with van der Waals surface area (Å²) in [6.07, 6.45) is -5.47. The molecule has 0 saturated carbocycles. The maximum Gasteiger partial charge on any atom is 0.416 e. The smallest absolute Gasteiger partial charge is 0.416 e. The van der Waals surface area contributed by atoms with Crippen molar-refractivity contribution in [3.05, 3.63) is 46.6 Å². The van der Waals surface area contributed by atoms with Crippen molar-refractivity contribution in [1.29, 1.82) is 0 Å². The van der Waals surface area contributed by atoms with Gasteiger partial charge < -0.3 is 9.84 Å². The van der Waals surface area contributed by atoms with Crippen LogP contribution < -0.4 is 4.90 Å². The van der Waals surface area contributed by atoms with E-state index < -0.39 is 53.7 Å². The minimum absolute atomic E-state index is 0.350. The van der Waals surface area contributed by atoms with E-state index in [1.54, 1.807) is 20.8 Å². The third-order valence-corrected chi connectivity index (χ3v) is 4.76. The van der Waals surface area contributed by atoms with Gasteiger partial charge in [0.15, 0.2) is 11.9 Å². The normalized spacial score (nSPS) is 19.4. The summed E-state index contributed by atoms with van der Waals surface area (Å²) in [5, 5.41) is 13.5. The number of carbonyl (C=O) groups excluding carboxylic acids is 1. The van der Waals surface area contributed by atoms with Crippen LogP contribution in [0.3, 0.4) is 0 Å². The number of alkyl halides is 3. The molecule has 1 aliphatic rings. The van der Waals surface area contributed by atoms with Gasteiger partial charge in [0.25, 0.3) is 0 Å². The van der Waals surface area contributed by atoms with Crippen molar-refractivity contribution in [3.8, 4) is 0 Å². The second-order valence-electron chi connectivity index (χ2n) is 7.84. The zero-order valence-corrected chi connectivity index (χ0v) is 17.0. The fourth-order valence-electron chi connectivity index (χ4n) is 3.31. The van der Waals surface area contributed by atoms with Crippen LogP contribution in [0.4, 0.5) is 23.8 Å². The lowest BCUT2D eigenvalue weighted by Crippen LogP contribution is -2.47. The molecule has 2 heterocycles. The minimum Gasteiger partial charge on any atom is -0.477 e. The zero-order valence-electron chi connectivity index (χ0n) is 16.3. The highest BCUT2D eigenvalue weighted by Gasteiger charge is 2.51. The molecule has 1 amide bonds. The van der Waals surface area contributed by atoms with E-state index in [4.69, 9.17) is 16.3 Å². The topological polar surface area (TPSA) is 84.7 Å². The molecule has 3 rings (SSSR count). The molecule has 7 nitrogen and oxygen atoms in total. The molecule has 0 spiro atoms. The summed E-state index contributed by atoms with van der Waals surface area (Å²) >= 11 is 5.89. The third-order valence-electron chi connectivity index (χ3n) is 4.50. The first-order chi connectivity index (χ1) is 13.8. The van der Waals surface area contributed by atoms with Crippen LogP contribution >= 0.6 is 11.6 Å². The molecule has 1 aromatic carbocycles. The van der Waals surface area contributed by atoms with Crippen molar-refractivity contribution in [2.24, 2.45) is 0 Å². The van der Waals surface area contributed by atoms with Crippen molar-refractivity contribution in [1.82, 2.24) is 9.78 Å². The van der Waals surface area contributed by atoms with Crippen LogP contribution in [0.25, 0.3) is 0 Å². The fraction of sp³-hybridized carbons (Fsp3) is 0.421. The molecule has 162 valence electrons. The average Bonchev–Trinajstić information content (AvgIpc) is 3.03. The summed E-state index contributed by atoms with van der Waals surface area (Å²) in [5.74, 6) is -1.99. The quantitative estimate of drug-likeness (QED) is 0.684. The van der Waals surface area contributed by atoms with Crippen LogP contribution in [0.5, 0.6) is 0 Å². The summed E-state index contributed by atoms with van der Waals surface area (Å²) in [6, 6.07) is 2.67. The summed E-state index contributed by atoms with van der Waals surface area (Å²) in [6.45, 7) is 4.79. The molecule has 1 aromatic heterocycles. The monoisotopic (exact) mass is 445 g/mol. The van der Waals surface area contributed by atoms with Crippen molar-refractivity contribution in [2.45, 2.75) is 51.1 Å². The van der Waals surface area contributed by atoms with Gasteiger partial charge in [-0.25, -0.2) is 14.3 Å². The summed E-state index contributed by atoms with van der Waals surface area (Å²) in [7, 11) is 0. The third kappa shape index (κ3) is 4.23. The van der Waals surface area contributed by atoms with Gasteiger partial charge in [-0.1, -0.05) is 23.7 Å². The molecule has 30 heavy (non-hydrogen) atoms. The number of aromatic nitrogens is 2. The van der Waals surface area contributed by atoms with Gasteiger partial charge in [0.05, 0.1) is 12.2 Å². The molecule has 2 atom stereocenters. The first-order valence-electron chi connectivity index (χ1n) is 8.95. The number of carboxylic acid groups (broad SMARTS) is 1. The van der Waals surface area contributed by atoms with E-state index in [2.05, 4.69) is 5.10 Å². The standard InChI is InChI=1S/C19H19ClF3N3O4/c1-18(2,3)30-17(29)25-13(10-4-6-11(20)7-5-10)8-14(19(21,22)23)26-15(25)12(9-24-26)16(27)28/h4-7,9,13-14H,8H2,1-3H3,(H,27,28). The number of hydrogen-bond acceptors (Lipinski definition) is 4. The van der Waals surface area contributed by atoms with E-state index in [9.17, 15) is 27.9 Å². The molecule has 0 saturated heterocycles. The molecular formula is C19H19ClF3N3O4. The van der Waals surface area contributed by atoms with Gasteiger partial charge in [-0.05, 0) is 38.5 Å². The number of anilines is 1. The molecule has 2 unspecified atom stereocenters. The number of fused-ring (bicyclic) bond motifs is 1. The number of carboxylic acids is 1. The zero-order chi connectivity index (χ0) is 22.4. The van der Waals surface area contributed by atoms with E-state index in [1.807, 2.05) is 0 Å². The Morgan fingerprint density at radius 3 is 2.30 bits per heavy atom. The predicted molar refractivity (Wildman–Crippen MR) is 102 cm³/mol. The van der Waals surface area contributed by atoms with E-state index in [-0.39, 0.29) is 0 Å². The number of carbonyl (C=O) groups is 2. The lowest BCUT2D eigenvalue weighted by Gasteiger charge is -2.41. The first kappa shape index (κ1) is 21.9. The van der Waals surface area contributed by atoms with Crippen molar-refractivity contribution < 1.29 is 32.6 Å². The number of nitrogens with zero attached hydrogens (tertiary/aromatic N) is 3. The summed E-state index contributed by atoms with van der Waals surface area (Å²) in [5.41, 5.74) is -1.14. The Labute approximate surface area is 175 Å². The number of ether oxygens (including phenoxy) is 1. The molecular weight excluding hydrogens is 427 g/mol. The second kappa shape index (κ2) is 7.50. The van der Waals surface area contributed by atoms with Gasteiger partial charge in [0, 0.05) is 11.4 Å². The van der Waals surface area contributed by atoms with Crippen molar-refractivity contribution in [2.75, 3.05) is 4.90 Å². The molecule has 1 N–H and O–H groups in total. The first-order valence-corrected chi connectivity index (χ1v) is 9.32. The van der Waals surface area contributed by atoms with Crippen LogP contribution in [0.1, 0.15) is 55.2 Å². The van der Waals surface area contributed by atoms with E-state index in [0.29, 0.717) is 15.3 Å². The highest BCUT2D eigenvalue weighted by Crippen LogP contribution is 2.48. The predicted octanol–water partition coefficient (Wildman–Crippen LogP) is 5.22. The lowest BCUT2D eigenvalue weighted by atomic mass is 9.95. The maximum atomic E-state index is 13.8. The Morgan fingerprint density at radius 1 is 1.20 bits per heavy atom. The number of rotatable bonds is 2. The Kier molecular flexibility index (Phi) is 5.48. The molecule has 0 radical (unpaired) electrons. The van der Waals surface area contributed by atoms with E-state index >= 15 is 0 Å². The summed E-state index contributed by atoms with van der Waals surface area (Å²) < 4.78 is 47.4. The van der Waals surface area contributed by atoms with Crippen molar-refractivity contribution >= 4 is 29.5 Å². The maximum absolute atomic E-state index is 13.8. The van der Waals surface area contributed by atoms with Crippen LogP contribution in [0.15, 0.2) is 30.5 Å². The summed E-state index contributed by atoms with van der Waals surface area (Å²) in [4.78, 5) is 25.6. The fourth-order valence-corrected chi connectivity index (χ4v) is 3.43. The Bertz CT molecular complexity index is 967. The largest absolute Gasteiger partial charge is 0.477 e. The Balaban J connectivity index is 2.23. The molecule has 2 aromatic rings. The van der Waals surface area contributed by atoms with Crippen molar-refractivity contribution in [3.63, 3.8) is 0 Å². The van der Waals surface area contributed by atoms with Gasteiger partial charge in [0.2, 0.25) is 0 Å². The minimum atomic E-state index is -4.72. The van der Waals surface area contributed by atoms with Gasteiger partial charge in [-0.3, -0.25) is 4.90 Å². The molecule has 0 bridgehead atoms. The SMILES string of the molecule is CC(C)(C)OC(=O)N1c2c(C(=O)O)cnn2C(C(F)(F)F)CC1c1ccc(Cl)cc1. The Morgan fingerprint density at radius 2 is 1.80 bits per heavy atom. The van der Waals surface area contributed by atoms with Crippen LogP contribution in [-0.2, 0) is 4.74 Å². The van der Waals surface area contributed by atoms with E-state index in [1.165, 1.54) is 24.3 Å². The van der Waals surface area contributed by atoms with Crippen LogP contribution in [0.2, 0.25) is 5.02 Å². The number of halogens is 4. The molecule has 11 heteroatoms. The Hall–Kier alpha value is -2.75. The van der Waals surface area contributed by atoms with Gasteiger partial charge >= 0.3 is 18.2 Å².